The molecule has 0 spiro atoms. The van der Waals surface area contributed by atoms with Gasteiger partial charge >= 0.3 is 0 Å². The average molecular weight is 167 g/mol. The minimum Gasteiger partial charge on any atom is -0.281 e. The Kier molecular flexibility index (Phi) is 4.32. The van der Waals surface area contributed by atoms with Crippen molar-refractivity contribution in [1.29, 1.82) is 0 Å². The van der Waals surface area contributed by atoms with Crippen LogP contribution in [-0.4, -0.2) is 10.5 Å². The summed E-state index contributed by atoms with van der Waals surface area (Å²) in [6, 6.07) is 0. The van der Waals surface area contributed by atoms with Crippen molar-refractivity contribution in [2.75, 3.05) is 0 Å². The van der Waals surface area contributed by atoms with Gasteiger partial charge in [0.1, 0.15) is 0 Å². The Bertz CT molecular complexity index is 103. The maximum absolute atomic E-state index is 10.3. The van der Waals surface area contributed by atoms with E-state index in [0.717, 1.165) is 0 Å². The van der Waals surface area contributed by atoms with Gasteiger partial charge in [-0.2, -0.15) is 12.6 Å². The molecule has 0 rings (SSSR count). The van der Waals surface area contributed by atoms with Gasteiger partial charge in [0.15, 0.2) is 0 Å². The number of halogens is 1. The first-order valence-corrected chi connectivity index (χ1v) is 3.80. The van der Waals surface area contributed by atoms with Gasteiger partial charge in [0, 0.05) is 11.7 Å². The summed E-state index contributed by atoms with van der Waals surface area (Å²) in [6.45, 7) is 4.02. The van der Waals surface area contributed by atoms with Crippen LogP contribution >= 0.6 is 24.2 Å². The normalized spacial score (nSPS) is 13.9. The highest BCUT2D eigenvalue weighted by Gasteiger charge is 2.10. The molecule has 0 aliphatic heterocycles. The van der Waals surface area contributed by atoms with Crippen LogP contribution in [0.5, 0.6) is 0 Å². The highest BCUT2D eigenvalue weighted by atomic mass is 35.5. The lowest BCUT2D eigenvalue weighted by atomic mass is 10.1. The van der Waals surface area contributed by atoms with Crippen molar-refractivity contribution in [1.82, 2.24) is 0 Å². The summed E-state index contributed by atoms with van der Waals surface area (Å²) in [4.78, 5) is 10.3. The molecule has 9 heavy (non-hydrogen) atoms. The largest absolute Gasteiger partial charge is 0.281 e. The van der Waals surface area contributed by atoms with E-state index in [1.54, 1.807) is 0 Å². The Labute approximate surface area is 66.2 Å². The molecule has 0 amide bonds. The highest BCUT2D eigenvalue weighted by molar-refractivity contribution is 7.81. The molecule has 1 atom stereocenters. The van der Waals surface area contributed by atoms with Gasteiger partial charge in [-0.25, -0.2) is 0 Å². The second-order valence-corrected chi connectivity index (χ2v) is 3.46. The lowest BCUT2D eigenvalue weighted by Gasteiger charge is -2.10. The van der Waals surface area contributed by atoms with Crippen molar-refractivity contribution in [3.05, 3.63) is 0 Å². The van der Waals surface area contributed by atoms with Gasteiger partial charge < -0.3 is 0 Å². The fourth-order valence-electron chi connectivity index (χ4n) is 0.400. The summed E-state index contributed by atoms with van der Waals surface area (Å²) in [6.07, 6.45) is 0.363. The number of hydrogen-bond acceptors (Lipinski definition) is 2. The van der Waals surface area contributed by atoms with Crippen LogP contribution in [0.25, 0.3) is 0 Å². The van der Waals surface area contributed by atoms with E-state index in [0.29, 0.717) is 12.3 Å². The highest BCUT2D eigenvalue weighted by Crippen LogP contribution is 2.13. The van der Waals surface area contributed by atoms with Crippen LogP contribution in [-0.2, 0) is 4.79 Å². The fourth-order valence-corrected chi connectivity index (χ4v) is 0.840. The van der Waals surface area contributed by atoms with Crippen LogP contribution in [0, 0.1) is 5.92 Å². The summed E-state index contributed by atoms with van der Waals surface area (Å²) in [5.41, 5.74) is 0. The summed E-state index contributed by atoms with van der Waals surface area (Å²) < 4.78 is 0. The van der Waals surface area contributed by atoms with Crippen molar-refractivity contribution in [2.45, 2.75) is 25.5 Å². The average Bonchev–Trinajstić information content (AvgIpc) is 1.63. The van der Waals surface area contributed by atoms with E-state index in [2.05, 4.69) is 12.6 Å². The lowest BCUT2D eigenvalue weighted by Crippen LogP contribution is -2.10. The Balaban J connectivity index is 3.50. The molecule has 0 N–H and O–H groups in total. The van der Waals surface area contributed by atoms with Gasteiger partial charge in [0.05, 0.1) is 0 Å². The molecule has 0 saturated carbocycles. The molecule has 0 heterocycles. The van der Waals surface area contributed by atoms with Crippen LogP contribution < -0.4 is 0 Å². The summed E-state index contributed by atoms with van der Waals surface area (Å²) in [5.74, 6) is 0.413. The first-order chi connectivity index (χ1) is 4.04. The number of carbonyl (C=O) groups excluding carboxylic acids is 1. The van der Waals surface area contributed by atoms with E-state index in [-0.39, 0.29) is 10.5 Å². The summed E-state index contributed by atoms with van der Waals surface area (Å²) in [7, 11) is 0. The van der Waals surface area contributed by atoms with E-state index >= 15 is 0 Å². The molecule has 1 nitrogen and oxygen atoms in total. The predicted octanol–water partition coefficient (Wildman–Crippen LogP) is 2.10. The third-order valence-corrected chi connectivity index (χ3v) is 2.07. The second-order valence-electron chi connectivity index (χ2n) is 2.37. The SMILES string of the molecule is CC(C)C(S)CC(=O)Cl. The van der Waals surface area contributed by atoms with Crippen molar-refractivity contribution in [3.63, 3.8) is 0 Å². The number of carbonyl (C=O) groups is 1. The van der Waals surface area contributed by atoms with E-state index in [1.165, 1.54) is 0 Å². The molecular formula is C6H11ClOS. The van der Waals surface area contributed by atoms with Crippen molar-refractivity contribution >= 4 is 29.5 Å². The number of hydrogen-bond donors (Lipinski definition) is 1. The molecule has 0 bridgehead atoms. The van der Waals surface area contributed by atoms with Gasteiger partial charge in [-0.3, -0.25) is 4.79 Å². The molecule has 0 radical (unpaired) electrons. The molecule has 54 valence electrons. The molecule has 0 saturated heterocycles. The van der Waals surface area contributed by atoms with Crippen molar-refractivity contribution < 1.29 is 4.79 Å². The zero-order valence-corrected chi connectivity index (χ0v) is 7.25. The first kappa shape index (κ1) is 9.31. The Morgan fingerprint density at radius 3 is 2.22 bits per heavy atom. The Morgan fingerprint density at radius 1 is 1.67 bits per heavy atom. The van der Waals surface area contributed by atoms with Crippen LogP contribution in [0.4, 0.5) is 0 Å². The monoisotopic (exact) mass is 166 g/mol. The maximum atomic E-state index is 10.3. The van der Waals surface area contributed by atoms with Crippen LogP contribution in [0.1, 0.15) is 20.3 Å². The minimum atomic E-state index is -0.302. The molecule has 0 aliphatic rings. The third kappa shape index (κ3) is 4.79. The van der Waals surface area contributed by atoms with Crippen LogP contribution in [0.15, 0.2) is 0 Å². The molecule has 0 fully saturated rings. The molecule has 0 aromatic carbocycles. The Hall–Kier alpha value is 0.310. The molecule has 0 aromatic rings. The summed E-state index contributed by atoms with van der Waals surface area (Å²) >= 11 is 9.29. The third-order valence-electron chi connectivity index (χ3n) is 1.14. The molecule has 1 unspecified atom stereocenters. The van der Waals surface area contributed by atoms with Gasteiger partial charge in [-0.05, 0) is 17.5 Å². The minimum absolute atomic E-state index is 0.106. The van der Waals surface area contributed by atoms with Crippen LogP contribution in [0.3, 0.4) is 0 Å². The molecular weight excluding hydrogens is 156 g/mol. The van der Waals surface area contributed by atoms with Gasteiger partial charge in [0.25, 0.3) is 0 Å². The van der Waals surface area contributed by atoms with Crippen molar-refractivity contribution in [3.8, 4) is 0 Å². The first-order valence-electron chi connectivity index (χ1n) is 2.90. The topological polar surface area (TPSA) is 17.1 Å². The fraction of sp³-hybridized carbons (Fsp3) is 0.833. The molecule has 3 heteroatoms. The van der Waals surface area contributed by atoms with E-state index < -0.39 is 0 Å². The lowest BCUT2D eigenvalue weighted by molar-refractivity contribution is -0.111. The van der Waals surface area contributed by atoms with Gasteiger partial charge in [-0.15, -0.1) is 0 Å². The molecule has 0 aliphatic carbocycles. The zero-order valence-electron chi connectivity index (χ0n) is 5.60. The number of thiol groups is 1. The van der Waals surface area contributed by atoms with E-state index in [9.17, 15) is 4.79 Å². The van der Waals surface area contributed by atoms with Gasteiger partial charge in [0.2, 0.25) is 5.24 Å². The van der Waals surface area contributed by atoms with Crippen LogP contribution in [0.2, 0.25) is 0 Å². The molecule has 0 aromatic heterocycles. The predicted molar refractivity (Wildman–Crippen MR) is 43.1 cm³/mol. The van der Waals surface area contributed by atoms with E-state index in [1.807, 2.05) is 13.8 Å². The zero-order chi connectivity index (χ0) is 7.44. The quantitative estimate of drug-likeness (QED) is 0.502. The van der Waals surface area contributed by atoms with Crippen molar-refractivity contribution in [2.24, 2.45) is 5.92 Å². The smallest absolute Gasteiger partial charge is 0.222 e. The van der Waals surface area contributed by atoms with E-state index in [4.69, 9.17) is 11.6 Å². The standard InChI is InChI=1S/C6H11ClOS/c1-4(2)5(9)3-6(7)8/h4-5,9H,3H2,1-2H3. The Morgan fingerprint density at radius 2 is 2.11 bits per heavy atom. The maximum Gasteiger partial charge on any atom is 0.222 e. The second kappa shape index (κ2) is 4.18. The number of rotatable bonds is 3. The summed E-state index contributed by atoms with van der Waals surface area (Å²) in [5, 5.41) is -0.196. The van der Waals surface area contributed by atoms with Gasteiger partial charge in [-0.1, -0.05) is 13.8 Å².